The van der Waals surface area contributed by atoms with Gasteiger partial charge < -0.3 is 15.2 Å². The number of guanidine groups is 1. The molecule has 21 heavy (non-hydrogen) atoms. The van der Waals surface area contributed by atoms with E-state index in [0.717, 1.165) is 25.6 Å². The molecule has 0 aliphatic heterocycles. The molecule has 0 atom stereocenters. The van der Waals surface area contributed by atoms with Gasteiger partial charge in [0.15, 0.2) is 5.96 Å². The summed E-state index contributed by atoms with van der Waals surface area (Å²) in [5.74, 6) is 0.838. The van der Waals surface area contributed by atoms with Crippen molar-refractivity contribution in [1.29, 1.82) is 0 Å². The number of rotatable bonds is 6. The summed E-state index contributed by atoms with van der Waals surface area (Å²) in [5.41, 5.74) is 2.39. The summed E-state index contributed by atoms with van der Waals surface area (Å²) in [6.45, 7) is 7.25. The molecule has 2 rings (SSSR count). The maximum absolute atomic E-state index is 4.58. The molecule has 0 aliphatic carbocycles. The largest absolute Gasteiger partial charge is 0.357 e. The Hall–Kier alpha value is -2.24. The third kappa shape index (κ3) is 4.98. The molecule has 114 valence electrons. The van der Waals surface area contributed by atoms with Crippen LogP contribution in [0.4, 0.5) is 0 Å². The van der Waals surface area contributed by atoms with Crippen molar-refractivity contribution in [2.75, 3.05) is 13.1 Å². The molecule has 6 nitrogen and oxygen atoms in total. The fourth-order valence-corrected chi connectivity index (χ4v) is 2.04. The molecule has 0 spiro atoms. The minimum absolute atomic E-state index is 0.678. The standard InChI is InChI=1S/C15H24N6/c1-4-16-15(18-10-14-5-7-20(3)12-14)17-6-8-21-11-13(2)9-19-21/h5,7,9,11-12H,4,6,8,10H2,1-3H3,(H2,16,17,18). The van der Waals surface area contributed by atoms with Crippen LogP contribution in [0.1, 0.15) is 18.1 Å². The summed E-state index contributed by atoms with van der Waals surface area (Å²) in [5, 5.41) is 10.8. The number of aliphatic imine (C=N–C) groups is 1. The Morgan fingerprint density at radius 2 is 2.19 bits per heavy atom. The molecule has 2 aromatic rings. The van der Waals surface area contributed by atoms with E-state index in [0.29, 0.717) is 6.54 Å². The predicted octanol–water partition coefficient (Wildman–Crippen LogP) is 1.29. The normalized spacial score (nSPS) is 11.7. The molecule has 2 aromatic heterocycles. The van der Waals surface area contributed by atoms with E-state index in [1.165, 1.54) is 11.1 Å². The SMILES string of the molecule is CCNC(=NCc1ccn(C)c1)NCCn1cc(C)cn1. The molecule has 0 aromatic carbocycles. The average Bonchev–Trinajstić information content (AvgIpc) is 3.05. The van der Waals surface area contributed by atoms with Gasteiger partial charge in [0, 0.05) is 38.7 Å². The average molecular weight is 288 g/mol. The second kappa shape index (κ2) is 7.52. The number of hydrogen-bond acceptors (Lipinski definition) is 2. The summed E-state index contributed by atoms with van der Waals surface area (Å²) in [6, 6.07) is 2.08. The van der Waals surface area contributed by atoms with Gasteiger partial charge in [-0.05, 0) is 31.0 Å². The Bertz CT molecular complexity index is 581. The van der Waals surface area contributed by atoms with E-state index in [2.05, 4.69) is 39.9 Å². The Morgan fingerprint density at radius 3 is 2.81 bits per heavy atom. The van der Waals surface area contributed by atoms with Gasteiger partial charge in [-0.15, -0.1) is 0 Å². The van der Waals surface area contributed by atoms with E-state index < -0.39 is 0 Å². The fourth-order valence-electron chi connectivity index (χ4n) is 2.04. The van der Waals surface area contributed by atoms with Gasteiger partial charge in [0.25, 0.3) is 0 Å². The van der Waals surface area contributed by atoms with Crippen LogP contribution in [0, 0.1) is 6.92 Å². The maximum atomic E-state index is 4.58. The first kappa shape index (κ1) is 15.2. The minimum Gasteiger partial charge on any atom is -0.357 e. The monoisotopic (exact) mass is 288 g/mol. The summed E-state index contributed by atoms with van der Waals surface area (Å²) in [7, 11) is 2.02. The van der Waals surface area contributed by atoms with Crippen LogP contribution in [-0.4, -0.2) is 33.4 Å². The van der Waals surface area contributed by atoms with Gasteiger partial charge in [-0.1, -0.05) is 0 Å². The van der Waals surface area contributed by atoms with Crippen molar-refractivity contribution in [3.63, 3.8) is 0 Å². The van der Waals surface area contributed by atoms with Crippen LogP contribution >= 0.6 is 0 Å². The molecule has 0 saturated carbocycles. The lowest BCUT2D eigenvalue weighted by molar-refractivity contribution is 0.597. The molecule has 0 unspecified atom stereocenters. The zero-order chi connectivity index (χ0) is 15.1. The summed E-state index contributed by atoms with van der Waals surface area (Å²) < 4.78 is 3.97. The highest BCUT2D eigenvalue weighted by molar-refractivity contribution is 5.79. The number of nitrogens with zero attached hydrogens (tertiary/aromatic N) is 4. The van der Waals surface area contributed by atoms with Crippen molar-refractivity contribution < 1.29 is 0 Å². The fraction of sp³-hybridized carbons (Fsp3) is 0.467. The van der Waals surface area contributed by atoms with Gasteiger partial charge in [-0.3, -0.25) is 4.68 Å². The highest BCUT2D eigenvalue weighted by Gasteiger charge is 1.99. The van der Waals surface area contributed by atoms with Gasteiger partial charge in [0.2, 0.25) is 0 Å². The molecule has 0 radical (unpaired) electrons. The number of nitrogens with one attached hydrogen (secondary N) is 2. The highest BCUT2D eigenvalue weighted by Crippen LogP contribution is 2.01. The van der Waals surface area contributed by atoms with Gasteiger partial charge in [-0.25, -0.2) is 4.99 Å². The minimum atomic E-state index is 0.678. The molecule has 0 fully saturated rings. The third-order valence-corrected chi connectivity index (χ3v) is 3.05. The number of hydrogen-bond donors (Lipinski definition) is 2. The Morgan fingerprint density at radius 1 is 1.33 bits per heavy atom. The Kier molecular flexibility index (Phi) is 5.43. The first-order chi connectivity index (χ1) is 10.2. The second-order valence-electron chi connectivity index (χ2n) is 5.09. The Labute approximate surface area is 125 Å². The molecule has 6 heteroatoms. The van der Waals surface area contributed by atoms with Gasteiger partial charge in [0.1, 0.15) is 0 Å². The lowest BCUT2D eigenvalue weighted by atomic mass is 10.3. The lowest BCUT2D eigenvalue weighted by Crippen LogP contribution is -2.38. The zero-order valence-electron chi connectivity index (χ0n) is 13.0. The molecular formula is C15H24N6. The second-order valence-corrected chi connectivity index (χ2v) is 5.09. The highest BCUT2D eigenvalue weighted by atomic mass is 15.3. The van der Waals surface area contributed by atoms with Gasteiger partial charge in [-0.2, -0.15) is 5.10 Å². The van der Waals surface area contributed by atoms with Crippen LogP contribution < -0.4 is 10.6 Å². The smallest absolute Gasteiger partial charge is 0.191 e. The molecular weight excluding hydrogens is 264 g/mol. The van der Waals surface area contributed by atoms with E-state index >= 15 is 0 Å². The lowest BCUT2D eigenvalue weighted by Gasteiger charge is -2.11. The first-order valence-corrected chi connectivity index (χ1v) is 7.29. The quantitative estimate of drug-likeness (QED) is 0.622. The van der Waals surface area contributed by atoms with Crippen molar-refractivity contribution in [2.24, 2.45) is 12.0 Å². The van der Waals surface area contributed by atoms with Crippen LogP contribution in [0.3, 0.4) is 0 Å². The van der Waals surface area contributed by atoms with Crippen LogP contribution in [0.2, 0.25) is 0 Å². The van der Waals surface area contributed by atoms with Crippen molar-refractivity contribution in [1.82, 2.24) is 25.0 Å². The van der Waals surface area contributed by atoms with Crippen LogP contribution in [-0.2, 0) is 20.1 Å². The summed E-state index contributed by atoms with van der Waals surface area (Å²) in [4.78, 5) is 4.58. The maximum Gasteiger partial charge on any atom is 0.191 e. The number of aromatic nitrogens is 3. The van der Waals surface area contributed by atoms with Crippen LogP contribution in [0.15, 0.2) is 35.8 Å². The van der Waals surface area contributed by atoms with E-state index in [1.807, 2.05) is 41.8 Å². The topological polar surface area (TPSA) is 59.2 Å². The van der Waals surface area contributed by atoms with Crippen LogP contribution in [0.25, 0.3) is 0 Å². The van der Waals surface area contributed by atoms with Crippen LogP contribution in [0.5, 0.6) is 0 Å². The molecule has 0 amide bonds. The Balaban J connectivity index is 1.83. The summed E-state index contributed by atoms with van der Waals surface area (Å²) >= 11 is 0. The van der Waals surface area contributed by atoms with E-state index in [-0.39, 0.29) is 0 Å². The molecule has 2 heterocycles. The van der Waals surface area contributed by atoms with E-state index in [9.17, 15) is 0 Å². The van der Waals surface area contributed by atoms with Crippen molar-refractivity contribution in [3.05, 3.63) is 42.0 Å². The predicted molar refractivity (Wildman–Crippen MR) is 85.2 cm³/mol. The molecule has 0 bridgehead atoms. The van der Waals surface area contributed by atoms with Gasteiger partial charge >= 0.3 is 0 Å². The molecule has 2 N–H and O–H groups in total. The zero-order valence-corrected chi connectivity index (χ0v) is 13.0. The third-order valence-electron chi connectivity index (χ3n) is 3.05. The van der Waals surface area contributed by atoms with Gasteiger partial charge in [0.05, 0.1) is 19.3 Å². The van der Waals surface area contributed by atoms with Crippen molar-refractivity contribution in [2.45, 2.75) is 26.9 Å². The molecule has 0 saturated heterocycles. The van der Waals surface area contributed by atoms with E-state index in [4.69, 9.17) is 0 Å². The summed E-state index contributed by atoms with van der Waals surface area (Å²) in [6.07, 6.45) is 8.02. The number of aryl methyl sites for hydroxylation is 2. The molecule has 0 aliphatic rings. The first-order valence-electron chi connectivity index (χ1n) is 7.29. The van der Waals surface area contributed by atoms with E-state index in [1.54, 1.807) is 0 Å². The van der Waals surface area contributed by atoms with Crippen molar-refractivity contribution in [3.8, 4) is 0 Å². The van der Waals surface area contributed by atoms with Crippen molar-refractivity contribution >= 4 is 5.96 Å².